The summed E-state index contributed by atoms with van der Waals surface area (Å²) in [6, 6.07) is 5.26. The number of terminal acetylenes is 1. The molecule has 1 amide bonds. The van der Waals surface area contributed by atoms with Crippen molar-refractivity contribution in [1.82, 2.24) is 5.32 Å². The van der Waals surface area contributed by atoms with E-state index in [1.54, 1.807) is 19.1 Å². The third kappa shape index (κ3) is 4.14. The molecule has 0 heterocycles. The Morgan fingerprint density at radius 2 is 2.16 bits per heavy atom. The average molecular weight is 259 g/mol. The number of rotatable bonds is 5. The van der Waals surface area contributed by atoms with Crippen LogP contribution in [0.4, 0.5) is 0 Å². The van der Waals surface area contributed by atoms with Crippen molar-refractivity contribution in [2.75, 3.05) is 6.54 Å². The van der Waals surface area contributed by atoms with Gasteiger partial charge >= 0.3 is 0 Å². The van der Waals surface area contributed by atoms with Crippen LogP contribution < -0.4 is 10.1 Å². The molecule has 1 rings (SSSR count). The molecule has 0 aliphatic carbocycles. The fourth-order valence-corrected chi connectivity index (χ4v) is 1.55. The van der Waals surface area contributed by atoms with Gasteiger partial charge in [-0.1, -0.05) is 17.6 Å². The standard InChI is InChI=1S/C15H17NO3/c1-5-8-16-15(18)12(4)19-14-7-6-10(2)9-13(14)11(3)17/h1,6-7,9,12H,8H2,2-4H3,(H,16,18). The van der Waals surface area contributed by atoms with Crippen LogP contribution in [0.3, 0.4) is 0 Å². The van der Waals surface area contributed by atoms with E-state index in [4.69, 9.17) is 11.2 Å². The van der Waals surface area contributed by atoms with Crippen molar-refractivity contribution in [3.63, 3.8) is 0 Å². The van der Waals surface area contributed by atoms with Crippen LogP contribution in [0.5, 0.6) is 5.75 Å². The van der Waals surface area contributed by atoms with Crippen LogP contribution in [0.2, 0.25) is 0 Å². The minimum Gasteiger partial charge on any atom is -0.480 e. The summed E-state index contributed by atoms with van der Waals surface area (Å²) >= 11 is 0. The van der Waals surface area contributed by atoms with E-state index >= 15 is 0 Å². The molecule has 1 N–H and O–H groups in total. The van der Waals surface area contributed by atoms with Gasteiger partial charge in [0.25, 0.3) is 5.91 Å². The summed E-state index contributed by atoms with van der Waals surface area (Å²) in [6.07, 6.45) is 4.35. The summed E-state index contributed by atoms with van der Waals surface area (Å²) in [5.74, 6) is 2.30. The van der Waals surface area contributed by atoms with Gasteiger partial charge < -0.3 is 10.1 Å². The number of Topliss-reactive ketones (excluding diaryl/α,β-unsaturated/α-hetero) is 1. The minimum absolute atomic E-state index is 0.102. The lowest BCUT2D eigenvalue weighted by Crippen LogP contribution is -2.36. The van der Waals surface area contributed by atoms with Gasteiger partial charge in [-0.2, -0.15) is 0 Å². The third-order valence-corrected chi connectivity index (χ3v) is 2.55. The molecule has 1 atom stereocenters. The average Bonchev–Trinajstić information content (AvgIpc) is 2.37. The van der Waals surface area contributed by atoms with Gasteiger partial charge in [0.1, 0.15) is 5.75 Å². The Morgan fingerprint density at radius 1 is 1.47 bits per heavy atom. The lowest BCUT2D eigenvalue weighted by molar-refractivity contribution is -0.127. The minimum atomic E-state index is -0.714. The normalized spacial score (nSPS) is 11.3. The number of hydrogen-bond acceptors (Lipinski definition) is 3. The molecular weight excluding hydrogens is 242 g/mol. The number of aryl methyl sites for hydroxylation is 1. The SMILES string of the molecule is C#CCNC(=O)C(C)Oc1ccc(C)cc1C(C)=O. The first-order valence-electron chi connectivity index (χ1n) is 5.95. The predicted molar refractivity (Wildman–Crippen MR) is 73.1 cm³/mol. The van der Waals surface area contributed by atoms with Crippen LogP contribution in [0.15, 0.2) is 18.2 Å². The van der Waals surface area contributed by atoms with Gasteiger partial charge in [-0.15, -0.1) is 6.42 Å². The lowest BCUT2D eigenvalue weighted by atomic mass is 10.1. The highest BCUT2D eigenvalue weighted by Crippen LogP contribution is 2.21. The van der Waals surface area contributed by atoms with Crippen molar-refractivity contribution >= 4 is 11.7 Å². The van der Waals surface area contributed by atoms with E-state index in [1.807, 2.05) is 13.0 Å². The molecular formula is C15H17NO3. The Labute approximate surface area is 113 Å². The van der Waals surface area contributed by atoms with Crippen LogP contribution in [-0.2, 0) is 4.79 Å². The Morgan fingerprint density at radius 3 is 2.74 bits per heavy atom. The lowest BCUT2D eigenvalue weighted by Gasteiger charge is -2.16. The number of carbonyl (C=O) groups is 2. The molecule has 0 aliphatic heterocycles. The highest BCUT2D eigenvalue weighted by atomic mass is 16.5. The second-order valence-electron chi connectivity index (χ2n) is 4.24. The van der Waals surface area contributed by atoms with Crippen LogP contribution in [0.1, 0.15) is 29.8 Å². The Kier molecular flexibility index (Phi) is 5.13. The quantitative estimate of drug-likeness (QED) is 0.647. The second-order valence-corrected chi connectivity index (χ2v) is 4.24. The van der Waals surface area contributed by atoms with Crippen LogP contribution >= 0.6 is 0 Å². The van der Waals surface area contributed by atoms with E-state index in [9.17, 15) is 9.59 Å². The van der Waals surface area contributed by atoms with Crippen molar-refractivity contribution < 1.29 is 14.3 Å². The zero-order chi connectivity index (χ0) is 14.4. The van der Waals surface area contributed by atoms with E-state index in [-0.39, 0.29) is 18.2 Å². The van der Waals surface area contributed by atoms with Crippen LogP contribution in [0.25, 0.3) is 0 Å². The molecule has 0 spiro atoms. The molecule has 0 aliphatic rings. The number of ether oxygens (including phenoxy) is 1. The zero-order valence-corrected chi connectivity index (χ0v) is 11.3. The molecule has 1 aromatic carbocycles. The topological polar surface area (TPSA) is 55.4 Å². The predicted octanol–water partition coefficient (Wildman–Crippen LogP) is 1.71. The molecule has 0 radical (unpaired) electrons. The monoisotopic (exact) mass is 259 g/mol. The van der Waals surface area contributed by atoms with Crippen molar-refractivity contribution in [1.29, 1.82) is 0 Å². The third-order valence-electron chi connectivity index (χ3n) is 2.55. The number of benzene rings is 1. The largest absolute Gasteiger partial charge is 0.480 e. The van der Waals surface area contributed by atoms with Gasteiger partial charge in [0.2, 0.25) is 0 Å². The molecule has 0 bridgehead atoms. The summed E-state index contributed by atoms with van der Waals surface area (Å²) in [5, 5.41) is 2.53. The maximum absolute atomic E-state index is 11.6. The van der Waals surface area contributed by atoms with E-state index in [1.165, 1.54) is 6.92 Å². The molecule has 0 saturated carbocycles. The number of ketones is 1. The molecule has 1 aromatic rings. The first kappa shape index (κ1) is 14.8. The molecule has 4 heteroatoms. The smallest absolute Gasteiger partial charge is 0.261 e. The molecule has 19 heavy (non-hydrogen) atoms. The Hall–Kier alpha value is -2.28. The maximum Gasteiger partial charge on any atom is 0.261 e. The van der Waals surface area contributed by atoms with Crippen LogP contribution in [-0.4, -0.2) is 24.3 Å². The van der Waals surface area contributed by atoms with Gasteiger partial charge in [-0.3, -0.25) is 9.59 Å². The first-order chi connectivity index (χ1) is 8.95. The van der Waals surface area contributed by atoms with Crippen molar-refractivity contribution in [3.8, 4) is 18.1 Å². The maximum atomic E-state index is 11.6. The van der Waals surface area contributed by atoms with Crippen molar-refractivity contribution in [3.05, 3.63) is 29.3 Å². The fourth-order valence-electron chi connectivity index (χ4n) is 1.55. The highest BCUT2D eigenvalue weighted by molar-refractivity contribution is 5.97. The summed E-state index contributed by atoms with van der Waals surface area (Å²) in [4.78, 5) is 23.2. The van der Waals surface area contributed by atoms with E-state index in [0.717, 1.165) is 5.56 Å². The van der Waals surface area contributed by atoms with E-state index in [2.05, 4.69) is 11.2 Å². The highest BCUT2D eigenvalue weighted by Gasteiger charge is 2.17. The van der Waals surface area contributed by atoms with Crippen LogP contribution in [0, 0.1) is 19.3 Å². The Balaban J connectivity index is 2.85. The van der Waals surface area contributed by atoms with Crippen molar-refractivity contribution in [2.24, 2.45) is 0 Å². The van der Waals surface area contributed by atoms with Gasteiger partial charge in [-0.05, 0) is 32.9 Å². The number of carbonyl (C=O) groups excluding carboxylic acids is 2. The van der Waals surface area contributed by atoms with Gasteiger partial charge in [0.05, 0.1) is 12.1 Å². The van der Waals surface area contributed by atoms with Crippen molar-refractivity contribution in [2.45, 2.75) is 26.9 Å². The van der Waals surface area contributed by atoms with E-state index in [0.29, 0.717) is 11.3 Å². The first-order valence-corrected chi connectivity index (χ1v) is 5.95. The van der Waals surface area contributed by atoms with Gasteiger partial charge in [0, 0.05) is 0 Å². The molecule has 100 valence electrons. The molecule has 0 aromatic heterocycles. The summed E-state index contributed by atoms with van der Waals surface area (Å²) in [6.45, 7) is 5.11. The van der Waals surface area contributed by atoms with Gasteiger partial charge in [-0.25, -0.2) is 0 Å². The number of hydrogen-bond donors (Lipinski definition) is 1. The summed E-state index contributed by atoms with van der Waals surface area (Å²) in [7, 11) is 0. The van der Waals surface area contributed by atoms with E-state index < -0.39 is 6.10 Å². The molecule has 0 fully saturated rings. The number of nitrogens with one attached hydrogen (secondary N) is 1. The van der Waals surface area contributed by atoms with Gasteiger partial charge in [0.15, 0.2) is 11.9 Å². The molecule has 4 nitrogen and oxygen atoms in total. The molecule has 0 saturated heterocycles. The summed E-state index contributed by atoms with van der Waals surface area (Å²) in [5.41, 5.74) is 1.43. The molecule has 1 unspecified atom stereocenters. The summed E-state index contributed by atoms with van der Waals surface area (Å²) < 4.78 is 5.52. The zero-order valence-electron chi connectivity index (χ0n) is 11.3. The Bertz CT molecular complexity index is 529. The number of amides is 1. The second kappa shape index (κ2) is 6.60. The fraction of sp³-hybridized carbons (Fsp3) is 0.333.